The zero-order valence-corrected chi connectivity index (χ0v) is 31.9. The Balaban J connectivity index is 1.11. The SMILES string of the molecule is COc1cc(Cc2nccc(Oc3ccc(NC(=O)Nc4cc(C(C)(C)C)nn4-c4ccc(C)cc4)c(Cl)c3Cl)n2)cc(OCCN2CCOCC2)c1. The molecule has 0 unspecified atom stereocenters. The molecule has 0 saturated carbocycles. The molecule has 0 spiro atoms. The number of aromatic nitrogens is 4. The summed E-state index contributed by atoms with van der Waals surface area (Å²) in [5.74, 6) is 2.93. The third-order valence-electron chi connectivity index (χ3n) is 8.51. The van der Waals surface area contributed by atoms with E-state index in [9.17, 15) is 4.79 Å². The van der Waals surface area contributed by atoms with E-state index in [1.165, 1.54) is 0 Å². The molecule has 2 N–H and O–H groups in total. The lowest BCUT2D eigenvalue weighted by molar-refractivity contribution is 0.0322. The van der Waals surface area contributed by atoms with E-state index in [1.807, 2.05) is 55.5 Å². The first-order valence-electron chi connectivity index (χ1n) is 17.3. The van der Waals surface area contributed by atoms with E-state index >= 15 is 0 Å². The number of nitrogens with one attached hydrogen (secondary N) is 2. The maximum Gasteiger partial charge on any atom is 0.324 e. The summed E-state index contributed by atoms with van der Waals surface area (Å²) in [6, 6.07) is 19.8. The molecule has 3 heterocycles. The summed E-state index contributed by atoms with van der Waals surface area (Å²) in [4.78, 5) is 24.6. The van der Waals surface area contributed by atoms with Crippen LogP contribution in [0.4, 0.5) is 16.3 Å². The van der Waals surface area contributed by atoms with Crippen LogP contribution in [0.2, 0.25) is 10.0 Å². The number of hydrogen-bond donors (Lipinski definition) is 2. The van der Waals surface area contributed by atoms with Crippen molar-refractivity contribution in [3.05, 3.63) is 106 Å². The zero-order valence-electron chi connectivity index (χ0n) is 30.4. The number of aryl methyl sites for hydroxylation is 1. The van der Waals surface area contributed by atoms with E-state index in [2.05, 4.69) is 46.3 Å². The highest BCUT2D eigenvalue weighted by Gasteiger charge is 2.22. The summed E-state index contributed by atoms with van der Waals surface area (Å²) in [5, 5.41) is 10.7. The lowest BCUT2D eigenvalue weighted by atomic mass is 9.92. The molecule has 6 rings (SSSR count). The van der Waals surface area contributed by atoms with Crippen LogP contribution in [0.1, 0.15) is 43.4 Å². The Labute approximate surface area is 319 Å². The zero-order chi connectivity index (χ0) is 37.5. The monoisotopic (exact) mass is 759 g/mol. The second kappa shape index (κ2) is 16.9. The number of halogens is 2. The van der Waals surface area contributed by atoms with Crippen molar-refractivity contribution < 1.29 is 23.7 Å². The molecule has 14 heteroatoms. The number of carbonyl (C=O) groups excluding carboxylic acids is 1. The number of benzene rings is 3. The summed E-state index contributed by atoms with van der Waals surface area (Å²) in [5.41, 5.74) is 3.72. The van der Waals surface area contributed by atoms with Gasteiger partial charge in [0.05, 0.1) is 42.4 Å². The van der Waals surface area contributed by atoms with Crippen LogP contribution >= 0.6 is 23.2 Å². The molecule has 0 radical (unpaired) electrons. The smallest absolute Gasteiger partial charge is 0.324 e. The van der Waals surface area contributed by atoms with Gasteiger partial charge in [0.15, 0.2) is 0 Å². The van der Waals surface area contributed by atoms with Gasteiger partial charge in [0, 0.05) is 55.9 Å². The third kappa shape index (κ3) is 9.96. The third-order valence-corrected chi connectivity index (χ3v) is 9.37. The van der Waals surface area contributed by atoms with Gasteiger partial charge in [0.25, 0.3) is 0 Å². The average molecular weight is 761 g/mol. The minimum absolute atomic E-state index is 0.105. The summed E-state index contributed by atoms with van der Waals surface area (Å²) >= 11 is 13.3. The Morgan fingerprint density at radius 1 is 0.943 bits per heavy atom. The fraction of sp³-hybridized carbons (Fsp3) is 0.333. The van der Waals surface area contributed by atoms with Gasteiger partial charge in [-0.2, -0.15) is 10.1 Å². The minimum Gasteiger partial charge on any atom is -0.497 e. The van der Waals surface area contributed by atoms with Crippen LogP contribution in [0, 0.1) is 6.92 Å². The molecule has 0 aliphatic carbocycles. The highest BCUT2D eigenvalue weighted by atomic mass is 35.5. The van der Waals surface area contributed by atoms with Gasteiger partial charge < -0.3 is 24.3 Å². The molecule has 0 atom stereocenters. The van der Waals surface area contributed by atoms with Crippen molar-refractivity contribution in [3.63, 3.8) is 0 Å². The molecule has 2 amide bonds. The molecule has 3 aromatic carbocycles. The van der Waals surface area contributed by atoms with Gasteiger partial charge in [0.1, 0.15) is 40.5 Å². The van der Waals surface area contributed by atoms with E-state index in [0.717, 1.165) is 55.4 Å². The molecular weight excluding hydrogens is 717 g/mol. The van der Waals surface area contributed by atoms with Gasteiger partial charge in [-0.3, -0.25) is 10.2 Å². The fourth-order valence-electron chi connectivity index (χ4n) is 5.57. The first-order chi connectivity index (χ1) is 25.4. The summed E-state index contributed by atoms with van der Waals surface area (Å²) in [7, 11) is 1.62. The number of morpholine rings is 1. The molecular formula is C39H43Cl2N7O5. The van der Waals surface area contributed by atoms with Crippen LogP contribution in [-0.4, -0.2) is 77.2 Å². The average Bonchev–Trinajstić information content (AvgIpc) is 3.56. The van der Waals surface area contributed by atoms with Crippen LogP contribution in [-0.2, 0) is 16.6 Å². The molecule has 5 aromatic rings. The number of ether oxygens (including phenoxy) is 4. The van der Waals surface area contributed by atoms with E-state index in [1.54, 1.807) is 36.2 Å². The summed E-state index contributed by atoms with van der Waals surface area (Å²) < 4.78 is 24.8. The van der Waals surface area contributed by atoms with E-state index < -0.39 is 6.03 Å². The van der Waals surface area contributed by atoms with Crippen LogP contribution < -0.4 is 24.8 Å². The predicted molar refractivity (Wildman–Crippen MR) is 207 cm³/mol. The second-order valence-electron chi connectivity index (χ2n) is 13.6. The molecule has 53 heavy (non-hydrogen) atoms. The Kier molecular flexibility index (Phi) is 12.0. The largest absolute Gasteiger partial charge is 0.497 e. The molecule has 2 aromatic heterocycles. The number of rotatable bonds is 12. The maximum atomic E-state index is 13.2. The highest BCUT2D eigenvalue weighted by molar-refractivity contribution is 6.45. The summed E-state index contributed by atoms with van der Waals surface area (Å²) in [6.45, 7) is 12.9. The fourth-order valence-corrected chi connectivity index (χ4v) is 5.97. The van der Waals surface area contributed by atoms with Crippen molar-refractivity contribution in [1.29, 1.82) is 0 Å². The lowest BCUT2D eigenvalue weighted by Gasteiger charge is -2.26. The van der Waals surface area contributed by atoms with E-state index in [-0.39, 0.29) is 27.1 Å². The van der Waals surface area contributed by atoms with Crippen molar-refractivity contribution >= 4 is 40.7 Å². The van der Waals surface area contributed by atoms with Crippen molar-refractivity contribution in [2.45, 2.75) is 39.5 Å². The van der Waals surface area contributed by atoms with Gasteiger partial charge in [-0.1, -0.05) is 61.7 Å². The van der Waals surface area contributed by atoms with Gasteiger partial charge in [0.2, 0.25) is 5.88 Å². The van der Waals surface area contributed by atoms with Crippen molar-refractivity contribution in [2.24, 2.45) is 0 Å². The van der Waals surface area contributed by atoms with Crippen molar-refractivity contribution in [1.82, 2.24) is 24.6 Å². The molecule has 12 nitrogen and oxygen atoms in total. The predicted octanol–water partition coefficient (Wildman–Crippen LogP) is 8.32. The van der Waals surface area contributed by atoms with Gasteiger partial charge in [-0.05, 0) is 48.9 Å². The van der Waals surface area contributed by atoms with Crippen LogP contribution in [0.3, 0.4) is 0 Å². The number of nitrogens with zero attached hydrogens (tertiary/aromatic N) is 5. The standard InChI is InChI=1S/C39H43Cl2N7O5/c1-25-6-8-27(9-7-25)48-34(24-32(46-48)39(2,3)4)45-38(49)43-30-10-11-31(37(41)36(30)40)53-35-12-13-42-33(44-35)22-26-20-28(50-5)23-29(21-26)52-19-16-47-14-17-51-18-15-47/h6-13,20-21,23-24H,14-19,22H2,1-5H3,(H2,43,45,49). The summed E-state index contributed by atoms with van der Waals surface area (Å²) in [6.07, 6.45) is 2.01. The Morgan fingerprint density at radius 2 is 1.70 bits per heavy atom. The highest BCUT2D eigenvalue weighted by Crippen LogP contribution is 2.39. The number of urea groups is 1. The van der Waals surface area contributed by atoms with Gasteiger partial charge >= 0.3 is 6.03 Å². The minimum atomic E-state index is -0.519. The number of amides is 2. The number of anilines is 2. The molecule has 278 valence electrons. The van der Waals surface area contributed by atoms with E-state index in [0.29, 0.717) is 41.9 Å². The number of hydrogen-bond acceptors (Lipinski definition) is 9. The maximum absolute atomic E-state index is 13.2. The van der Waals surface area contributed by atoms with E-state index in [4.69, 9.17) is 47.2 Å². The topological polar surface area (TPSA) is 125 Å². The number of carbonyl (C=O) groups is 1. The molecule has 1 fully saturated rings. The molecule has 1 aliphatic rings. The van der Waals surface area contributed by atoms with Gasteiger partial charge in [-0.25, -0.2) is 14.5 Å². The Hall–Kier alpha value is -4.88. The lowest BCUT2D eigenvalue weighted by Crippen LogP contribution is -2.38. The second-order valence-corrected chi connectivity index (χ2v) is 14.4. The quantitative estimate of drug-likeness (QED) is 0.129. The van der Waals surface area contributed by atoms with Gasteiger partial charge in [-0.15, -0.1) is 0 Å². The normalized spacial score (nSPS) is 13.4. The van der Waals surface area contributed by atoms with Crippen molar-refractivity contribution in [3.8, 4) is 28.8 Å². The Bertz CT molecular complexity index is 2040. The van der Waals surface area contributed by atoms with Crippen molar-refractivity contribution in [2.75, 3.05) is 57.2 Å². The number of methoxy groups -OCH3 is 1. The molecule has 1 saturated heterocycles. The van der Waals surface area contributed by atoms with Crippen LogP contribution in [0.5, 0.6) is 23.1 Å². The first kappa shape index (κ1) is 37.9. The van der Waals surface area contributed by atoms with Crippen LogP contribution in [0.25, 0.3) is 5.69 Å². The first-order valence-corrected chi connectivity index (χ1v) is 18.0. The van der Waals surface area contributed by atoms with Crippen LogP contribution in [0.15, 0.2) is 72.9 Å². The molecule has 0 bridgehead atoms. The molecule has 1 aliphatic heterocycles. The Morgan fingerprint density at radius 3 is 2.43 bits per heavy atom.